The van der Waals surface area contributed by atoms with Gasteiger partial charge in [-0.3, -0.25) is 0 Å². The van der Waals surface area contributed by atoms with Crippen molar-refractivity contribution in [3.8, 4) is 0 Å². The highest BCUT2D eigenvalue weighted by Crippen LogP contribution is 2.68. The van der Waals surface area contributed by atoms with E-state index in [1.54, 1.807) is 6.92 Å². The Balaban J connectivity index is 1.76. The summed E-state index contributed by atoms with van der Waals surface area (Å²) >= 11 is 0. The summed E-state index contributed by atoms with van der Waals surface area (Å²) in [6.45, 7) is 6.08. The van der Waals surface area contributed by atoms with E-state index in [9.17, 15) is 20.4 Å². The minimum Gasteiger partial charge on any atom is -0.393 e. The van der Waals surface area contributed by atoms with Crippen LogP contribution in [0.1, 0.15) is 65.7 Å². The maximum Gasteiger partial charge on any atom is 0.0763 e. The average molecular weight is 350 g/mol. The number of fused-ring (bicyclic) bond motifs is 5. The molecule has 4 aliphatic carbocycles. The zero-order valence-corrected chi connectivity index (χ0v) is 15.8. The first-order chi connectivity index (χ1) is 11.6. The summed E-state index contributed by atoms with van der Waals surface area (Å²) in [5.74, 6) is 0.328. The second kappa shape index (κ2) is 5.54. The zero-order valence-electron chi connectivity index (χ0n) is 15.8. The Hall–Kier alpha value is -0.420. The van der Waals surface area contributed by atoms with E-state index in [1.807, 2.05) is 6.92 Å². The molecule has 0 spiro atoms. The summed E-state index contributed by atoms with van der Waals surface area (Å²) in [7, 11) is 0. The summed E-state index contributed by atoms with van der Waals surface area (Å²) in [6, 6.07) is 0. The van der Waals surface area contributed by atoms with E-state index < -0.39 is 23.2 Å². The van der Waals surface area contributed by atoms with Crippen LogP contribution in [0.5, 0.6) is 0 Å². The summed E-state index contributed by atoms with van der Waals surface area (Å²) < 4.78 is 0. The fourth-order valence-electron chi connectivity index (χ4n) is 7.40. The van der Waals surface area contributed by atoms with Crippen molar-refractivity contribution in [3.05, 3.63) is 11.6 Å². The maximum absolute atomic E-state index is 11.9. The molecule has 25 heavy (non-hydrogen) atoms. The van der Waals surface area contributed by atoms with Crippen LogP contribution in [0.2, 0.25) is 0 Å². The molecule has 3 saturated carbocycles. The van der Waals surface area contributed by atoms with Crippen LogP contribution in [0, 0.1) is 28.6 Å². The van der Waals surface area contributed by atoms with Crippen molar-refractivity contribution in [1.82, 2.24) is 0 Å². The predicted octanol–water partition coefficient (Wildman–Crippen LogP) is 2.39. The third-order valence-electron chi connectivity index (χ3n) is 9.01. The first kappa shape index (κ1) is 18.0. The van der Waals surface area contributed by atoms with Crippen molar-refractivity contribution in [3.63, 3.8) is 0 Å². The molecule has 0 radical (unpaired) electrons. The lowest BCUT2D eigenvalue weighted by Gasteiger charge is -2.63. The molecule has 9 unspecified atom stereocenters. The van der Waals surface area contributed by atoms with E-state index >= 15 is 0 Å². The van der Waals surface area contributed by atoms with Crippen LogP contribution in [0.15, 0.2) is 11.6 Å². The molecule has 3 fully saturated rings. The van der Waals surface area contributed by atoms with Gasteiger partial charge in [0.2, 0.25) is 0 Å². The Bertz CT molecular complexity index is 586. The van der Waals surface area contributed by atoms with Crippen LogP contribution in [-0.2, 0) is 0 Å². The number of aliphatic hydroxyl groups is 4. The van der Waals surface area contributed by atoms with E-state index in [1.165, 1.54) is 5.57 Å². The molecule has 0 aromatic carbocycles. The second-order valence-corrected chi connectivity index (χ2v) is 9.84. The molecular formula is C21H34O4. The first-order valence-corrected chi connectivity index (χ1v) is 10.1. The van der Waals surface area contributed by atoms with Gasteiger partial charge in [-0.25, -0.2) is 0 Å². The van der Waals surface area contributed by atoms with Gasteiger partial charge in [0.15, 0.2) is 0 Å². The molecule has 0 aromatic rings. The summed E-state index contributed by atoms with van der Waals surface area (Å²) in [4.78, 5) is 0. The lowest BCUT2D eigenvalue weighted by molar-refractivity contribution is -0.232. The summed E-state index contributed by atoms with van der Waals surface area (Å²) in [5, 5.41) is 43.4. The Morgan fingerprint density at radius 3 is 2.52 bits per heavy atom. The number of allylic oxidation sites excluding steroid dienone is 1. The minimum atomic E-state index is -0.919. The Morgan fingerprint density at radius 2 is 1.84 bits per heavy atom. The minimum absolute atomic E-state index is 0.0247. The molecule has 4 rings (SSSR count). The Morgan fingerprint density at radius 1 is 1.12 bits per heavy atom. The SMILES string of the molecule is CC(O)C1CCC2(O)C3CC=C4CC(O)CCC4(C)C3CC(O)C12C. The van der Waals surface area contributed by atoms with E-state index in [2.05, 4.69) is 13.0 Å². The van der Waals surface area contributed by atoms with Crippen molar-refractivity contribution in [2.75, 3.05) is 0 Å². The fraction of sp³-hybridized carbons (Fsp3) is 0.905. The quantitative estimate of drug-likeness (QED) is 0.548. The Labute approximate surface area is 151 Å². The molecule has 4 aliphatic rings. The van der Waals surface area contributed by atoms with Crippen LogP contribution < -0.4 is 0 Å². The molecule has 0 heterocycles. The number of aliphatic hydroxyl groups excluding tert-OH is 3. The smallest absolute Gasteiger partial charge is 0.0763 e. The average Bonchev–Trinajstić information content (AvgIpc) is 2.83. The molecule has 0 bridgehead atoms. The molecule has 142 valence electrons. The third kappa shape index (κ3) is 2.14. The van der Waals surface area contributed by atoms with Gasteiger partial charge in [-0.05, 0) is 75.0 Å². The topological polar surface area (TPSA) is 80.9 Å². The number of rotatable bonds is 1. The Kier molecular flexibility index (Phi) is 3.98. The highest BCUT2D eigenvalue weighted by Gasteiger charge is 2.69. The number of hydrogen-bond donors (Lipinski definition) is 4. The molecule has 4 N–H and O–H groups in total. The normalized spacial score (nSPS) is 56.4. The standard InChI is InChI=1S/C21H34O4/c1-12(22)15-7-9-21(25)16-5-4-13-10-14(23)6-8-19(13,2)17(16)11-18(24)20(15,21)3/h4,12,14-18,22-25H,5-11H2,1-3H3. The third-order valence-corrected chi connectivity index (χ3v) is 9.01. The molecule has 9 atom stereocenters. The van der Waals surface area contributed by atoms with Gasteiger partial charge in [-0.15, -0.1) is 0 Å². The second-order valence-electron chi connectivity index (χ2n) is 9.84. The first-order valence-electron chi connectivity index (χ1n) is 10.1. The zero-order chi connectivity index (χ0) is 18.2. The summed E-state index contributed by atoms with van der Waals surface area (Å²) in [6.07, 6.45) is 6.35. The molecular weight excluding hydrogens is 316 g/mol. The molecule has 0 amide bonds. The lowest BCUT2D eigenvalue weighted by Crippen LogP contribution is -2.66. The highest BCUT2D eigenvalue weighted by molar-refractivity contribution is 5.29. The molecule has 0 aromatic heterocycles. The highest BCUT2D eigenvalue weighted by atomic mass is 16.3. The monoisotopic (exact) mass is 350 g/mol. The maximum atomic E-state index is 11.9. The largest absolute Gasteiger partial charge is 0.393 e. The van der Waals surface area contributed by atoms with Gasteiger partial charge in [0.1, 0.15) is 0 Å². The van der Waals surface area contributed by atoms with Gasteiger partial charge in [0.25, 0.3) is 0 Å². The van der Waals surface area contributed by atoms with Crippen LogP contribution in [-0.4, -0.2) is 44.3 Å². The van der Waals surface area contributed by atoms with Gasteiger partial charge in [-0.1, -0.05) is 25.5 Å². The van der Waals surface area contributed by atoms with Crippen LogP contribution >= 0.6 is 0 Å². The molecule has 4 heteroatoms. The van der Waals surface area contributed by atoms with Gasteiger partial charge in [0, 0.05) is 5.41 Å². The van der Waals surface area contributed by atoms with Crippen molar-refractivity contribution >= 4 is 0 Å². The van der Waals surface area contributed by atoms with E-state index in [4.69, 9.17) is 0 Å². The van der Waals surface area contributed by atoms with Crippen LogP contribution in [0.4, 0.5) is 0 Å². The molecule has 0 aliphatic heterocycles. The van der Waals surface area contributed by atoms with Gasteiger partial charge in [-0.2, -0.15) is 0 Å². The van der Waals surface area contributed by atoms with Crippen LogP contribution in [0.25, 0.3) is 0 Å². The fourth-order valence-corrected chi connectivity index (χ4v) is 7.40. The number of hydrogen-bond acceptors (Lipinski definition) is 4. The summed E-state index contributed by atoms with van der Waals surface area (Å²) in [5.41, 5.74) is -0.253. The van der Waals surface area contributed by atoms with Crippen LogP contribution in [0.3, 0.4) is 0 Å². The van der Waals surface area contributed by atoms with E-state index in [-0.39, 0.29) is 29.3 Å². The van der Waals surface area contributed by atoms with Gasteiger partial charge >= 0.3 is 0 Å². The van der Waals surface area contributed by atoms with Crippen molar-refractivity contribution in [1.29, 1.82) is 0 Å². The van der Waals surface area contributed by atoms with Gasteiger partial charge < -0.3 is 20.4 Å². The molecule has 4 nitrogen and oxygen atoms in total. The van der Waals surface area contributed by atoms with E-state index in [0.717, 1.165) is 32.1 Å². The van der Waals surface area contributed by atoms with Crippen molar-refractivity contribution < 1.29 is 20.4 Å². The van der Waals surface area contributed by atoms with Crippen molar-refractivity contribution in [2.45, 2.75) is 89.6 Å². The van der Waals surface area contributed by atoms with Crippen molar-refractivity contribution in [2.24, 2.45) is 28.6 Å². The van der Waals surface area contributed by atoms with Gasteiger partial charge in [0.05, 0.1) is 23.9 Å². The van der Waals surface area contributed by atoms with E-state index in [0.29, 0.717) is 12.8 Å². The molecule has 0 saturated heterocycles. The predicted molar refractivity (Wildman–Crippen MR) is 95.7 cm³/mol. The lowest BCUT2D eigenvalue weighted by atomic mass is 9.45.